The van der Waals surface area contributed by atoms with Gasteiger partial charge in [-0.3, -0.25) is 14.4 Å². The third-order valence-electron chi connectivity index (χ3n) is 2.49. The molecule has 0 spiro atoms. The molecule has 0 rings (SSSR count). The highest BCUT2D eigenvalue weighted by molar-refractivity contribution is 8.14. The zero-order chi connectivity index (χ0) is 14.7. The van der Waals surface area contributed by atoms with Crippen molar-refractivity contribution in [2.75, 3.05) is 5.75 Å². The monoisotopic (exact) mass is 307 g/mol. The smallest absolute Gasteiger partial charge is 0.303 e. The Morgan fingerprint density at radius 3 is 2.32 bits per heavy atom. The number of carboxylic acid groups (broad SMARTS) is 1. The molecule has 110 valence electrons. The number of hydrogen-bond donors (Lipinski definition) is 3. The standard InChI is InChI=1S/C12H21NO4S2/c13-10(14)4-2-1-3-9(7-8-18)19-12(17)6-5-11(15)16/h9,18H,1-8H2,(H2,13,14)(H,15,16). The first-order chi connectivity index (χ1) is 8.95. The van der Waals surface area contributed by atoms with Gasteiger partial charge in [-0.25, -0.2) is 0 Å². The summed E-state index contributed by atoms with van der Waals surface area (Å²) in [6.45, 7) is 0. The lowest BCUT2D eigenvalue weighted by Crippen LogP contribution is -2.12. The SMILES string of the molecule is NC(=O)CCCCC(CCS)SC(=O)CCC(=O)O. The van der Waals surface area contributed by atoms with Crippen LogP contribution in [0.25, 0.3) is 0 Å². The van der Waals surface area contributed by atoms with Crippen molar-refractivity contribution in [1.82, 2.24) is 0 Å². The molecule has 19 heavy (non-hydrogen) atoms. The van der Waals surface area contributed by atoms with Crippen LogP contribution >= 0.6 is 24.4 Å². The second-order valence-electron chi connectivity index (χ2n) is 4.23. The first-order valence-corrected chi connectivity index (χ1v) is 7.77. The fourth-order valence-electron chi connectivity index (χ4n) is 1.53. The molecular weight excluding hydrogens is 286 g/mol. The largest absolute Gasteiger partial charge is 0.481 e. The van der Waals surface area contributed by atoms with Crippen molar-refractivity contribution in [3.8, 4) is 0 Å². The Bertz CT molecular complexity index is 310. The van der Waals surface area contributed by atoms with Gasteiger partial charge in [0.25, 0.3) is 0 Å². The highest BCUT2D eigenvalue weighted by Crippen LogP contribution is 2.24. The normalized spacial score (nSPS) is 12.1. The first-order valence-electron chi connectivity index (χ1n) is 6.26. The number of rotatable bonds is 11. The lowest BCUT2D eigenvalue weighted by atomic mass is 10.1. The second-order valence-corrected chi connectivity index (χ2v) is 6.03. The van der Waals surface area contributed by atoms with Crippen LogP contribution in [-0.4, -0.2) is 33.1 Å². The van der Waals surface area contributed by atoms with Gasteiger partial charge in [-0.1, -0.05) is 18.2 Å². The lowest BCUT2D eigenvalue weighted by molar-refractivity contribution is -0.138. The zero-order valence-corrected chi connectivity index (χ0v) is 12.5. The fraction of sp³-hybridized carbons (Fsp3) is 0.750. The topological polar surface area (TPSA) is 97.5 Å². The van der Waals surface area contributed by atoms with Crippen LogP contribution in [0.5, 0.6) is 0 Å². The van der Waals surface area contributed by atoms with E-state index in [2.05, 4.69) is 12.6 Å². The zero-order valence-electron chi connectivity index (χ0n) is 10.8. The number of thioether (sulfide) groups is 1. The predicted molar refractivity (Wildman–Crippen MR) is 79.4 cm³/mol. The van der Waals surface area contributed by atoms with Crippen molar-refractivity contribution in [2.24, 2.45) is 5.73 Å². The molecule has 0 radical (unpaired) electrons. The number of carbonyl (C=O) groups excluding carboxylic acids is 2. The molecule has 5 nitrogen and oxygen atoms in total. The van der Waals surface area contributed by atoms with Gasteiger partial charge < -0.3 is 10.8 Å². The van der Waals surface area contributed by atoms with Gasteiger partial charge in [0.1, 0.15) is 0 Å². The highest BCUT2D eigenvalue weighted by Gasteiger charge is 2.15. The van der Waals surface area contributed by atoms with Gasteiger partial charge >= 0.3 is 5.97 Å². The minimum Gasteiger partial charge on any atom is -0.481 e. The van der Waals surface area contributed by atoms with Crippen LogP contribution in [0.1, 0.15) is 44.9 Å². The average molecular weight is 307 g/mol. The van der Waals surface area contributed by atoms with Gasteiger partial charge in [-0.15, -0.1) is 0 Å². The Hall–Kier alpha value is -0.690. The maximum atomic E-state index is 11.6. The maximum absolute atomic E-state index is 11.6. The predicted octanol–water partition coefficient (Wildman–Crippen LogP) is 1.85. The summed E-state index contributed by atoms with van der Waals surface area (Å²) in [5.74, 6) is -0.586. The molecule has 0 aliphatic carbocycles. The summed E-state index contributed by atoms with van der Waals surface area (Å²) in [5, 5.41) is 8.56. The van der Waals surface area contributed by atoms with E-state index in [4.69, 9.17) is 10.8 Å². The summed E-state index contributed by atoms with van der Waals surface area (Å²) in [7, 11) is 0. The number of carboxylic acids is 1. The van der Waals surface area contributed by atoms with Gasteiger partial charge in [0, 0.05) is 18.1 Å². The number of nitrogens with two attached hydrogens (primary N) is 1. The fourth-order valence-corrected chi connectivity index (χ4v) is 3.13. The summed E-state index contributed by atoms with van der Waals surface area (Å²) in [6, 6.07) is 0. The summed E-state index contributed by atoms with van der Waals surface area (Å²) in [5.41, 5.74) is 5.05. The van der Waals surface area contributed by atoms with Crippen LogP contribution in [0.2, 0.25) is 0 Å². The molecule has 0 aliphatic rings. The molecule has 0 saturated heterocycles. The number of hydrogen-bond acceptors (Lipinski definition) is 5. The highest BCUT2D eigenvalue weighted by atomic mass is 32.2. The number of primary amides is 1. The maximum Gasteiger partial charge on any atom is 0.303 e. The van der Waals surface area contributed by atoms with Crippen LogP contribution in [-0.2, 0) is 14.4 Å². The Labute approximate surface area is 123 Å². The van der Waals surface area contributed by atoms with E-state index in [0.29, 0.717) is 12.2 Å². The summed E-state index contributed by atoms with van der Waals surface area (Å²) >= 11 is 5.35. The number of thiol groups is 1. The van der Waals surface area contributed by atoms with Crippen molar-refractivity contribution in [2.45, 2.75) is 50.2 Å². The van der Waals surface area contributed by atoms with E-state index in [1.165, 1.54) is 11.8 Å². The van der Waals surface area contributed by atoms with E-state index >= 15 is 0 Å². The van der Waals surface area contributed by atoms with Crippen molar-refractivity contribution >= 4 is 41.4 Å². The minimum absolute atomic E-state index is 0.0599. The molecule has 1 amide bonds. The van der Waals surface area contributed by atoms with Crippen LogP contribution < -0.4 is 5.73 Å². The molecule has 0 aromatic heterocycles. The molecule has 1 unspecified atom stereocenters. The third-order valence-corrected chi connectivity index (χ3v) is 4.02. The molecular formula is C12H21NO4S2. The minimum atomic E-state index is -0.957. The van der Waals surface area contributed by atoms with E-state index in [9.17, 15) is 14.4 Å². The molecule has 0 aromatic carbocycles. The lowest BCUT2D eigenvalue weighted by Gasteiger charge is -2.14. The average Bonchev–Trinajstić information content (AvgIpc) is 2.32. The molecule has 7 heteroatoms. The third kappa shape index (κ3) is 12.1. The molecule has 0 heterocycles. The van der Waals surface area contributed by atoms with Gasteiger partial charge in [-0.05, 0) is 25.0 Å². The first kappa shape index (κ1) is 18.3. The van der Waals surface area contributed by atoms with Crippen molar-refractivity contribution in [3.05, 3.63) is 0 Å². The Morgan fingerprint density at radius 1 is 1.11 bits per heavy atom. The van der Waals surface area contributed by atoms with Gasteiger partial charge in [0.2, 0.25) is 5.91 Å². The number of carbonyl (C=O) groups is 3. The van der Waals surface area contributed by atoms with Crippen LogP contribution in [0.4, 0.5) is 0 Å². The van der Waals surface area contributed by atoms with E-state index in [1.807, 2.05) is 0 Å². The molecule has 3 N–H and O–H groups in total. The Balaban J connectivity index is 3.92. The summed E-state index contributed by atoms with van der Waals surface area (Å²) in [4.78, 5) is 32.5. The van der Waals surface area contributed by atoms with E-state index in [0.717, 1.165) is 25.7 Å². The van der Waals surface area contributed by atoms with E-state index in [1.54, 1.807) is 0 Å². The van der Waals surface area contributed by atoms with Gasteiger partial charge in [0.05, 0.1) is 6.42 Å². The van der Waals surface area contributed by atoms with Crippen molar-refractivity contribution in [3.63, 3.8) is 0 Å². The molecule has 0 bridgehead atoms. The summed E-state index contributed by atoms with van der Waals surface area (Å²) < 4.78 is 0. The molecule has 0 aliphatic heterocycles. The van der Waals surface area contributed by atoms with Crippen molar-refractivity contribution < 1.29 is 19.5 Å². The van der Waals surface area contributed by atoms with Gasteiger partial charge in [0.15, 0.2) is 5.12 Å². The Morgan fingerprint density at radius 2 is 1.79 bits per heavy atom. The number of unbranched alkanes of at least 4 members (excludes halogenated alkanes) is 1. The van der Waals surface area contributed by atoms with Crippen LogP contribution in [0, 0.1) is 0 Å². The molecule has 1 atom stereocenters. The van der Waals surface area contributed by atoms with E-state index < -0.39 is 5.97 Å². The van der Waals surface area contributed by atoms with Crippen LogP contribution in [0.15, 0.2) is 0 Å². The molecule has 0 saturated carbocycles. The van der Waals surface area contributed by atoms with Gasteiger partial charge in [-0.2, -0.15) is 12.6 Å². The Kier molecular flexibility index (Phi) is 10.8. The second kappa shape index (κ2) is 11.2. The number of amides is 1. The van der Waals surface area contributed by atoms with Crippen LogP contribution in [0.3, 0.4) is 0 Å². The van der Waals surface area contributed by atoms with E-state index in [-0.39, 0.29) is 29.1 Å². The van der Waals surface area contributed by atoms with Crippen molar-refractivity contribution in [1.29, 1.82) is 0 Å². The summed E-state index contributed by atoms with van der Waals surface area (Å²) in [6.07, 6.45) is 3.47. The molecule has 0 fully saturated rings. The molecule has 0 aromatic rings. The number of aliphatic carboxylic acids is 1. The quantitative estimate of drug-likeness (QED) is 0.400.